The standard InChI is InChI=1S/C27H36N6O4/c1-17-7-19(11-28)23(8-22(17)18-3-5-32(6-4-18)21-12-36-13-21)29-24-9-25(31-26(30-24)35-2)33-15-27(16-34)10-20(33)14-37-27/h7-9,11,18,20-21,28,34H,3-6,10,12-16H2,1-2H3,(H,29,30,31). The second-order valence-electron chi connectivity index (χ2n) is 10.8. The van der Waals surface area contributed by atoms with Crippen LogP contribution in [0.1, 0.15) is 41.9 Å². The van der Waals surface area contributed by atoms with Gasteiger partial charge in [0.05, 0.1) is 52.2 Å². The fraction of sp³-hybridized carbons (Fsp3) is 0.593. The van der Waals surface area contributed by atoms with Crippen LogP contribution in [0.3, 0.4) is 0 Å². The van der Waals surface area contributed by atoms with Crippen LogP contribution in [0, 0.1) is 12.3 Å². The fourth-order valence-electron chi connectivity index (χ4n) is 6.28. The Morgan fingerprint density at radius 1 is 1.19 bits per heavy atom. The van der Waals surface area contributed by atoms with Crippen molar-refractivity contribution >= 4 is 23.5 Å². The van der Waals surface area contributed by atoms with Crippen molar-refractivity contribution in [1.29, 1.82) is 5.41 Å². The van der Waals surface area contributed by atoms with Gasteiger partial charge in [-0.25, -0.2) is 0 Å². The molecule has 0 spiro atoms. The van der Waals surface area contributed by atoms with Crippen molar-refractivity contribution in [2.75, 3.05) is 63.4 Å². The molecule has 37 heavy (non-hydrogen) atoms. The highest BCUT2D eigenvalue weighted by molar-refractivity contribution is 5.88. The van der Waals surface area contributed by atoms with Gasteiger partial charge in [0.2, 0.25) is 0 Å². The zero-order valence-corrected chi connectivity index (χ0v) is 21.6. The lowest BCUT2D eigenvalue weighted by molar-refractivity contribution is -0.0712. The minimum Gasteiger partial charge on any atom is -0.467 e. The SMILES string of the molecule is COc1nc(Nc2cc(C3CCN(C4COC4)CC3)c(C)cc2C=N)cc(N2CC3(CO)CC2CO3)n1. The van der Waals surface area contributed by atoms with E-state index in [4.69, 9.17) is 19.6 Å². The highest BCUT2D eigenvalue weighted by Gasteiger charge is 2.51. The van der Waals surface area contributed by atoms with E-state index in [9.17, 15) is 5.11 Å². The molecule has 10 heteroatoms. The number of aliphatic hydroxyl groups excluding tert-OH is 1. The second-order valence-corrected chi connectivity index (χ2v) is 10.8. The van der Waals surface area contributed by atoms with E-state index in [-0.39, 0.29) is 18.7 Å². The average molecular weight is 509 g/mol. The molecule has 0 amide bonds. The lowest BCUT2D eigenvalue weighted by Crippen LogP contribution is -2.51. The molecule has 6 rings (SSSR count). The summed E-state index contributed by atoms with van der Waals surface area (Å²) in [6.07, 6.45) is 4.41. The Labute approximate surface area is 217 Å². The molecular formula is C27H36N6O4. The number of morpholine rings is 1. The number of nitrogens with one attached hydrogen (secondary N) is 2. The molecule has 4 aliphatic heterocycles. The monoisotopic (exact) mass is 508 g/mol. The summed E-state index contributed by atoms with van der Waals surface area (Å²) in [5, 5.41) is 21.4. The Bertz CT molecular complexity index is 1170. The van der Waals surface area contributed by atoms with Gasteiger partial charge in [-0.2, -0.15) is 9.97 Å². The van der Waals surface area contributed by atoms with Crippen molar-refractivity contribution < 1.29 is 19.3 Å². The molecule has 198 valence electrons. The average Bonchev–Trinajstić information content (AvgIpc) is 3.49. The maximum atomic E-state index is 9.88. The molecule has 4 fully saturated rings. The number of fused-ring (bicyclic) bond motifs is 2. The largest absolute Gasteiger partial charge is 0.467 e. The Kier molecular flexibility index (Phi) is 6.52. The van der Waals surface area contributed by atoms with Gasteiger partial charge >= 0.3 is 6.01 Å². The van der Waals surface area contributed by atoms with E-state index in [1.54, 1.807) is 7.11 Å². The van der Waals surface area contributed by atoms with Crippen LogP contribution < -0.4 is 15.0 Å². The number of ether oxygens (including phenoxy) is 3. The topological polar surface area (TPSA) is 116 Å². The number of hydrogen-bond donors (Lipinski definition) is 3. The van der Waals surface area contributed by atoms with Crippen LogP contribution in [0.5, 0.6) is 6.01 Å². The highest BCUT2D eigenvalue weighted by Crippen LogP contribution is 2.41. The first kappa shape index (κ1) is 24.5. The molecule has 0 radical (unpaired) electrons. The molecule has 2 unspecified atom stereocenters. The van der Waals surface area contributed by atoms with Gasteiger partial charge in [0.15, 0.2) is 0 Å². The van der Waals surface area contributed by atoms with Gasteiger partial charge in [-0.15, -0.1) is 0 Å². The van der Waals surface area contributed by atoms with E-state index < -0.39 is 5.60 Å². The van der Waals surface area contributed by atoms with Crippen LogP contribution >= 0.6 is 0 Å². The zero-order chi connectivity index (χ0) is 25.6. The number of benzene rings is 1. The van der Waals surface area contributed by atoms with Gasteiger partial charge in [0.1, 0.15) is 17.2 Å². The van der Waals surface area contributed by atoms with Gasteiger partial charge in [-0.3, -0.25) is 4.90 Å². The summed E-state index contributed by atoms with van der Waals surface area (Å²) in [6, 6.07) is 7.24. The predicted octanol–water partition coefficient (Wildman–Crippen LogP) is 2.45. The predicted molar refractivity (Wildman–Crippen MR) is 141 cm³/mol. The number of anilines is 3. The van der Waals surface area contributed by atoms with Crippen molar-refractivity contribution in [3.63, 3.8) is 0 Å². The Hall–Kier alpha value is -2.79. The van der Waals surface area contributed by atoms with Crippen molar-refractivity contribution in [3.05, 3.63) is 34.9 Å². The van der Waals surface area contributed by atoms with Crippen molar-refractivity contribution in [1.82, 2.24) is 14.9 Å². The molecule has 3 N–H and O–H groups in total. The maximum Gasteiger partial charge on any atom is 0.320 e. The number of rotatable bonds is 8. The van der Waals surface area contributed by atoms with Crippen LogP contribution in [-0.2, 0) is 9.47 Å². The first-order valence-electron chi connectivity index (χ1n) is 13.2. The summed E-state index contributed by atoms with van der Waals surface area (Å²) in [7, 11) is 1.56. The van der Waals surface area contributed by atoms with Crippen molar-refractivity contribution in [3.8, 4) is 6.01 Å². The number of methoxy groups -OCH3 is 1. The third-order valence-electron chi connectivity index (χ3n) is 8.51. The number of piperidine rings is 1. The van der Waals surface area contributed by atoms with E-state index in [0.29, 0.717) is 30.9 Å². The normalized spacial score (nSPS) is 26.4. The Morgan fingerprint density at radius 3 is 2.65 bits per heavy atom. The minimum atomic E-state index is -0.517. The summed E-state index contributed by atoms with van der Waals surface area (Å²) in [5.74, 6) is 1.85. The first-order valence-corrected chi connectivity index (χ1v) is 13.2. The van der Waals surface area contributed by atoms with Gasteiger partial charge in [0.25, 0.3) is 0 Å². The molecule has 4 aliphatic rings. The number of aromatic nitrogens is 2. The molecule has 2 bridgehead atoms. The fourth-order valence-corrected chi connectivity index (χ4v) is 6.28. The maximum absolute atomic E-state index is 9.88. The van der Waals surface area contributed by atoms with Gasteiger partial charge < -0.3 is 34.9 Å². The van der Waals surface area contributed by atoms with Gasteiger partial charge in [-0.1, -0.05) is 0 Å². The van der Waals surface area contributed by atoms with Crippen molar-refractivity contribution in [2.24, 2.45) is 0 Å². The number of nitrogens with zero attached hydrogens (tertiary/aromatic N) is 4. The van der Waals surface area contributed by atoms with Crippen LogP contribution in [-0.4, -0.2) is 97.0 Å². The molecular weight excluding hydrogens is 472 g/mol. The smallest absolute Gasteiger partial charge is 0.320 e. The molecule has 1 aromatic carbocycles. The Balaban J connectivity index is 1.25. The number of likely N-dealkylation sites (tertiary alicyclic amines) is 1. The van der Waals surface area contributed by atoms with E-state index in [2.05, 4.69) is 44.1 Å². The van der Waals surface area contributed by atoms with Crippen LogP contribution in [0.2, 0.25) is 0 Å². The molecule has 5 heterocycles. The van der Waals surface area contributed by atoms with E-state index in [1.807, 2.05) is 6.07 Å². The van der Waals surface area contributed by atoms with E-state index >= 15 is 0 Å². The highest BCUT2D eigenvalue weighted by atomic mass is 16.5. The van der Waals surface area contributed by atoms with Crippen LogP contribution in [0.4, 0.5) is 17.3 Å². The van der Waals surface area contributed by atoms with Crippen molar-refractivity contribution in [2.45, 2.75) is 49.8 Å². The summed E-state index contributed by atoms with van der Waals surface area (Å²) >= 11 is 0. The number of aryl methyl sites for hydroxylation is 1. The minimum absolute atomic E-state index is 0.00444. The molecule has 0 aliphatic carbocycles. The Morgan fingerprint density at radius 2 is 2.00 bits per heavy atom. The number of hydrogen-bond acceptors (Lipinski definition) is 10. The van der Waals surface area contributed by atoms with E-state index in [1.165, 1.54) is 17.3 Å². The van der Waals surface area contributed by atoms with Gasteiger partial charge in [0, 0.05) is 30.0 Å². The molecule has 2 aromatic rings. The van der Waals surface area contributed by atoms with E-state index in [0.717, 1.165) is 62.6 Å². The number of aliphatic hydroxyl groups is 1. The third kappa shape index (κ3) is 4.56. The van der Waals surface area contributed by atoms with Crippen LogP contribution in [0.25, 0.3) is 0 Å². The van der Waals surface area contributed by atoms with Gasteiger partial charge in [-0.05, 0) is 62.0 Å². The molecule has 0 saturated carbocycles. The van der Waals surface area contributed by atoms with Crippen LogP contribution in [0.15, 0.2) is 18.2 Å². The molecule has 1 aromatic heterocycles. The summed E-state index contributed by atoms with van der Waals surface area (Å²) < 4.78 is 16.7. The second kappa shape index (κ2) is 9.83. The molecule has 10 nitrogen and oxygen atoms in total. The molecule has 4 saturated heterocycles. The lowest BCUT2D eigenvalue weighted by Gasteiger charge is -2.41. The lowest BCUT2D eigenvalue weighted by atomic mass is 9.85. The third-order valence-corrected chi connectivity index (χ3v) is 8.51. The first-order chi connectivity index (χ1) is 18.0. The summed E-state index contributed by atoms with van der Waals surface area (Å²) in [4.78, 5) is 13.9. The molecule has 2 atom stereocenters. The zero-order valence-electron chi connectivity index (χ0n) is 21.6. The summed E-state index contributed by atoms with van der Waals surface area (Å²) in [5.41, 5.74) is 3.71. The quantitative estimate of drug-likeness (QED) is 0.463. The summed E-state index contributed by atoms with van der Waals surface area (Å²) in [6.45, 7) is 7.21.